The van der Waals surface area contributed by atoms with Gasteiger partial charge in [0.2, 0.25) is 6.29 Å². The van der Waals surface area contributed by atoms with E-state index in [0.717, 1.165) is 12.2 Å². The Morgan fingerprint density at radius 3 is 2.12 bits per heavy atom. The average Bonchev–Trinajstić information content (AvgIpc) is 2.97. The number of ether oxygens (including phenoxy) is 2. The van der Waals surface area contributed by atoms with Gasteiger partial charge in [-0.15, -0.1) is 0 Å². The predicted molar refractivity (Wildman–Crippen MR) is 70.1 cm³/mol. The Hall–Kier alpha value is -3.24. The van der Waals surface area contributed by atoms with E-state index in [9.17, 15) is 28.8 Å². The summed E-state index contributed by atoms with van der Waals surface area (Å²) in [6, 6.07) is 0. The third-order valence-electron chi connectivity index (χ3n) is 2.92. The molecule has 11 nitrogen and oxygen atoms in total. The zero-order chi connectivity index (χ0) is 17.9. The van der Waals surface area contributed by atoms with Crippen molar-refractivity contribution in [2.45, 2.75) is 26.1 Å². The maximum Gasteiger partial charge on any atom is 0.537 e. The minimum absolute atomic E-state index is 0.0808. The second-order valence-corrected chi connectivity index (χ2v) is 4.69. The van der Waals surface area contributed by atoms with E-state index in [4.69, 9.17) is 0 Å². The summed E-state index contributed by atoms with van der Waals surface area (Å²) >= 11 is 0. The molecule has 0 N–H and O–H groups in total. The van der Waals surface area contributed by atoms with Crippen LogP contribution in [0.25, 0.3) is 0 Å². The van der Waals surface area contributed by atoms with Gasteiger partial charge in [0.25, 0.3) is 23.6 Å². The molecule has 0 aromatic rings. The zero-order valence-electron chi connectivity index (χ0n) is 12.4. The van der Waals surface area contributed by atoms with Gasteiger partial charge in [0.05, 0.1) is 0 Å². The molecule has 11 heteroatoms. The highest BCUT2D eigenvalue weighted by atomic mass is 16.9. The van der Waals surface area contributed by atoms with Crippen LogP contribution in [0.4, 0.5) is 4.79 Å². The lowest BCUT2D eigenvalue weighted by Gasteiger charge is -2.18. The van der Waals surface area contributed by atoms with Gasteiger partial charge in [-0.25, -0.2) is 4.79 Å². The van der Waals surface area contributed by atoms with Crippen molar-refractivity contribution < 1.29 is 43.1 Å². The first-order valence-corrected chi connectivity index (χ1v) is 6.75. The molecule has 0 radical (unpaired) electrons. The SMILES string of the molecule is CC(OC(=O)CN1C(=O)C=CC1=O)OC(=O)ON1C(=O)CCC1=O. The van der Waals surface area contributed by atoms with Gasteiger partial charge < -0.3 is 9.47 Å². The molecular weight excluding hydrogens is 328 g/mol. The van der Waals surface area contributed by atoms with E-state index in [1.54, 1.807) is 0 Å². The summed E-state index contributed by atoms with van der Waals surface area (Å²) in [7, 11) is 0. The number of hydroxylamine groups is 2. The van der Waals surface area contributed by atoms with E-state index in [1.165, 1.54) is 6.92 Å². The minimum Gasteiger partial charge on any atom is -0.424 e. The zero-order valence-corrected chi connectivity index (χ0v) is 12.4. The first-order valence-electron chi connectivity index (χ1n) is 6.75. The quantitative estimate of drug-likeness (QED) is 0.351. The Morgan fingerprint density at radius 1 is 1.04 bits per heavy atom. The molecule has 128 valence electrons. The van der Waals surface area contributed by atoms with E-state index < -0.39 is 48.6 Å². The second kappa shape index (κ2) is 6.89. The molecule has 2 rings (SSSR count). The van der Waals surface area contributed by atoms with Gasteiger partial charge in [0, 0.05) is 31.9 Å². The summed E-state index contributed by atoms with van der Waals surface area (Å²) in [6.07, 6.45) is -1.02. The van der Waals surface area contributed by atoms with E-state index in [1.807, 2.05) is 0 Å². The van der Waals surface area contributed by atoms with Crippen molar-refractivity contribution >= 4 is 35.8 Å². The van der Waals surface area contributed by atoms with E-state index in [2.05, 4.69) is 14.3 Å². The van der Waals surface area contributed by atoms with Crippen molar-refractivity contribution in [1.82, 2.24) is 9.96 Å². The Kier molecular flexibility index (Phi) is 4.92. The molecule has 1 atom stereocenters. The lowest BCUT2D eigenvalue weighted by Crippen LogP contribution is -2.38. The Bertz CT molecular complexity index is 602. The molecule has 2 heterocycles. The molecule has 1 fully saturated rings. The van der Waals surface area contributed by atoms with Crippen LogP contribution in [-0.2, 0) is 38.3 Å². The molecule has 0 bridgehead atoms. The first kappa shape index (κ1) is 17.1. The molecule has 0 aromatic carbocycles. The number of hydrogen-bond acceptors (Lipinski definition) is 9. The third-order valence-corrected chi connectivity index (χ3v) is 2.92. The fourth-order valence-electron chi connectivity index (χ4n) is 1.85. The monoisotopic (exact) mass is 340 g/mol. The molecule has 1 saturated heterocycles. The van der Waals surface area contributed by atoms with E-state index in [0.29, 0.717) is 4.90 Å². The van der Waals surface area contributed by atoms with Gasteiger partial charge in [0.1, 0.15) is 6.54 Å². The van der Waals surface area contributed by atoms with Gasteiger partial charge in [-0.1, -0.05) is 5.06 Å². The number of carbonyl (C=O) groups is 6. The molecule has 2 aliphatic heterocycles. The number of carbonyl (C=O) groups excluding carboxylic acids is 6. The van der Waals surface area contributed by atoms with Gasteiger partial charge in [-0.2, -0.15) is 0 Å². The average molecular weight is 340 g/mol. The standard InChI is InChI=1S/C13H12N2O9/c1-7(22-12(20)6-14-8(16)2-3-9(14)17)23-13(21)24-15-10(18)4-5-11(15)19/h2-3,7H,4-6H2,1H3. The second-order valence-electron chi connectivity index (χ2n) is 4.69. The van der Waals surface area contributed by atoms with Crippen LogP contribution in [0, 0.1) is 0 Å². The van der Waals surface area contributed by atoms with Crippen LogP contribution in [0.5, 0.6) is 0 Å². The summed E-state index contributed by atoms with van der Waals surface area (Å²) < 4.78 is 9.22. The minimum atomic E-state index is -1.43. The summed E-state index contributed by atoms with van der Waals surface area (Å²) in [5.74, 6) is -3.73. The topological polar surface area (TPSA) is 137 Å². The largest absolute Gasteiger partial charge is 0.537 e. The Balaban J connectivity index is 1.77. The van der Waals surface area contributed by atoms with Crippen molar-refractivity contribution in [1.29, 1.82) is 0 Å². The molecule has 0 aliphatic carbocycles. The normalized spacial score (nSPS) is 18.2. The number of esters is 1. The molecule has 1 unspecified atom stereocenters. The van der Waals surface area contributed by atoms with Crippen LogP contribution in [0.1, 0.15) is 19.8 Å². The number of rotatable bonds is 5. The Morgan fingerprint density at radius 2 is 1.58 bits per heavy atom. The first-order chi connectivity index (χ1) is 11.3. The van der Waals surface area contributed by atoms with Gasteiger partial charge >= 0.3 is 12.1 Å². The number of amides is 4. The Labute approximate surface area is 134 Å². The lowest BCUT2D eigenvalue weighted by molar-refractivity contribution is -0.191. The van der Waals surface area contributed by atoms with Crippen LogP contribution in [0.15, 0.2) is 12.2 Å². The van der Waals surface area contributed by atoms with Crippen molar-refractivity contribution in [3.8, 4) is 0 Å². The van der Waals surface area contributed by atoms with Gasteiger partial charge in [-0.3, -0.25) is 33.7 Å². The molecule has 0 aromatic heterocycles. The van der Waals surface area contributed by atoms with Crippen LogP contribution in [0.2, 0.25) is 0 Å². The highest BCUT2D eigenvalue weighted by Crippen LogP contribution is 2.13. The maximum absolute atomic E-state index is 11.6. The maximum atomic E-state index is 11.6. The third kappa shape index (κ3) is 3.94. The smallest absolute Gasteiger partial charge is 0.424 e. The molecule has 2 aliphatic rings. The number of hydrogen-bond donors (Lipinski definition) is 0. The van der Waals surface area contributed by atoms with Crippen molar-refractivity contribution in [2.75, 3.05) is 6.54 Å². The summed E-state index contributed by atoms with van der Waals surface area (Å²) in [6.45, 7) is 0.509. The highest BCUT2D eigenvalue weighted by molar-refractivity contribution is 6.14. The van der Waals surface area contributed by atoms with Crippen LogP contribution >= 0.6 is 0 Å². The molecule has 0 saturated carbocycles. The van der Waals surface area contributed by atoms with Gasteiger partial charge in [-0.05, 0) is 0 Å². The van der Waals surface area contributed by atoms with Crippen LogP contribution in [0.3, 0.4) is 0 Å². The number of imide groups is 2. The summed E-state index contributed by atoms with van der Waals surface area (Å²) in [4.78, 5) is 73.1. The molecule has 0 spiro atoms. The van der Waals surface area contributed by atoms with Crippen LogP contribution < -0.4 is 0 Å². The fraction of sp³-hybridized carbons (Fsp3) is 0.385. The summed E-state index contributed by atoms with van der Waals surface area (Å²) in [5, 5.41) is 0.268. The predicted octanol–water partition coefficient (Wildman–Crippen LogP) is -0.982. The molecular formula is C13H12N2O9. The fourth-order valence-corrected chi connectivity index (χ4v) is 1.85. The van der Waals surface area contributed by atoms with E-state index in [-0.39, 0.29) is 17.9 Å². The highest BCUT2D eigenvalue weighted by Gasteiger charge is 2.34. The molecule has 24 heavy (non-hydrogen) atoms. The van der Waals surface area contributed by atoms with Crippen molar-refractivity contribution in [2.24, 2.45) is 0 Å². The lowest BCUT2D eigenvalue weighted by atomic mass is 10.4. The van der Waals surface area contributed by atoms with Crippen molar-refractivity contribution in [3.63, 3.8) is 0 Å². The summed E-state index contributed by atoms with van der Waals surface area (Å²) in [5.41, 5.74) is 0. The van der Waals surface area contributed by atoms with Crippen molar-refractivity contribution in [3.05, 3.63) is 12.2 Å². The van der Waals surface area contributed by atoms with Gasteiger partial charge in [0.15, 0.2) is 0 Å². The number of nitrogens with zero attached hydrogens (tertiary/aromatic N) is 2. The molecule has 4 amide bonds. The van der Waals surface area contributed by atoms with Crippen LogP contribution in [-0.4, -0.2) is 58.6 Å². The van der Waals surface area contributed by atoms with E-state index >= 15 is 0 Å².